The first-order valence-electron chi connectivity index (χ1n) is 7.11. The Morgan fingerprint density at radius 1 is 1.18 bits per heavy atom. The Kier molecular flexibility index (Phi) is 4.61. The SMILES string of the molecule is CCC(CCNC)c1ccc2c(c1)CCCC2. The van der Waals surface area contributed by atoms with Gasteiger partial charge >= 0.3 is 0 Å². The summed E-state index contributed by atoms with van der Waals surface area (Å²) in [4.78, 5) is 0. The van der Waals surface area contributed by atoms with Gasteiger partial charge in [-0.05, 0) is 74.7 Å². The molecule has 0 saturated heterocycles. The van der Waals surface area contributed by atoms with Gasteiger partial charge in [-0.15, -0.1) is 0 Å². The first kappa shape index (κ1) is 12.6. The van der Waals surface area contributed by atoms with Crippen LogP contribution in [0.4, 0.5) is 0 Å². The van der Waals surface area contributed by atoms with E-state index in [-0.39, 0.29) is 0 Å². The van der Waals surface area contributed by atoms with Gasteiger partial charge in [-0.2, -0.15) is 0 Å². The Labute approximate surface area is 106 Å². The van der Waals surface area contributed by atoms with Crippen LogP contribution in [0.25, 0.3) is 0 Å². The van der Waals surface area contributed by atoms with E-state index in [1.165, 1.54) is 38.5 Å². The minimum atomic E-state index is 0.731. The van der Waals surface area contributed by atoms with Gasteiger partial charge in [0.05, 0.1) is 0 Å². The second kappa shape index (κ2) is 6.20. The summed E-state index contributed by atoms with van der Waals surface area (Å²) >= 11 is 0. The number of nitrogens with one attached hydrogen (secondary N) is 1. The van der Waals surface area contributed by atoms with Gasteiger partial charge in [-0.25, -0.2) is 0 Å². The number of hydrogen-bond acceptors (Lipinski definition) is 1. The van der Waals surface area contributed by atoms with Gasteiger partial charge in [0.25, 0.3) is 0 Å². The van der Waals surface area contributed by atoms with Crippen molar-refractivity contribution < 1.29 is 0 Å². The maximum absolute atomic E-state index is 3.26. The minimum absolute atomic E-state index is 0.731. The van der Waals surface area contributed by atoms with E-state index < -0.39 is 0 Å². The molecule has 1 aromatic rings. The third kappa shape index (κ3) is 3.10. The van der Waals surface area contributed by atoms with Gasteiger partial charge in [0.2, 0.25) is 0 Å². The van der Waals surface area contributed by atoms with Crippen LogP contribution >= 0.6 is 0 Å². The maximum Gasteiger partial charge on any atom is -0.00461 e. The third-order valence-electron chi connectivity index (χ3n) is 4.08. The highest BCUT2D eigenvalue weighted by Crippen LogP contribution is 2.28. The Balaban J connectivity index is 2.13. The van der Waals surface area contributed by atoms with Crippen LogP contribution in [-0.2, 0) is 12.8 Å². The first-order valence-corrected chi connectivity index (χ1v) is 7.11. The van der Waals surface area contributed by atoms with Crippen LogP contribution in [0.5, 0.6) is 0 Å². The standard InChI is InChI=1S/C16H25N/c1-3-13(10-11-17-2)16-9-8-14-6-4-5-7-15(14)12-16/h8-9,12-13,17H,3-7,10-11H2,1-2H3. The van der Waals surface area contributed by atoms with Crippen molar-refractivity contribution in [3.63, 3.8) is 0 Å². The van der Waals surface area contributed by atoms with Crippen molar-refractivity contribution in [2.45, 2.75) is 51.4 Å². The van der Waals surface area contributed by atoms with Gasteiger partial charge in [0.15, 0.2) is 0 Å². The summed E-state index contributed by atoms with van der Waals surface area (Å²) in [7, 11) is 2.04. The quantitative estimate of drug-likeness (QED) is 0.815. The largest absolute Gasteiger partial charge is 0.320 e. The highest BCUT2D eigenvalue weighted by atomic mass is 14.8. The zero-order chi connectivity index (χ0) is 12.1. The lowest BCUT2D eigenvalue weighted by Crippen LogP contribution is -2.12. The van der Waals surface area contributed by atoms with Crippen LogP contribution < -0.4 is 5.32 Å². The summed E-state index contributed by atoms with van der Waals surface area (Å²) < 4.78 is 0. The molecule has 1 aliphatic rings. The fourth-order valence-electron chi connectivity index (χ4n) is 2.93. The van der Waals surface area contributed by atoms with Crippen molar-refractivity contribution >= 4 is 0 Å². The molecule has 0 bridgehead atoms. The normalized spacial score (nSPS) is 16.6. The summed E-state index contributed by atoms with van der Waals surface area (Å²) in [6, 6.07) is 7.23. The second-order valence-corrected chi connectivity index (χ2v) is 5.23. The van der Waals surface area contributed by atoms with E-state index in [4.69, 9.17) is 0 Å². The maximum atomic E-state index is 3.26. The molecule has 0 saturated carbocycles. The van der Waals surface area contributed by atoms with E-state index in [2.05, 4.69) is 30.4 Å². The number of aryl methyl sites for hydroxylation is 2. The molecule has 0 spiro atoms. The molecule has 0 aliphatic heterocycles. The molecule has 1 unspecified atom stereocenters. The van der Waals surface area contributed by atoms with E-state index in [1.54, 1.807) is 16.7 Å². The van der Waals surface area contributed by atoms with Crippen LogP contribution in [0.2, 0.25) is 0 Å². The number of rotatable bonds is 5. The molecular formula is C16H25N. The summed E-state index contributed by atoms with van der Waals surface area (Å²) in [5.74, 6) is 0.731. The lowest BCUT2D eigenvalue weighted by molar-refractivity contribution is 0.579. The van der Waals surface area contributed by atoms with Crippen LogP contribution in [0.15, 0.2) is 18.2 Å². The van der Waals surface area contributed by atoms with Crippen LogP contribution in [0, 0.1) is 0 Å². The third-order valence-corrected chi connectivity index (χ3v) is 4.08. The van der Waals surface area contributed by atoms with E-state index in [9.17, 15) is 0 Å². The average molecular weight is 231 g/mol. The summed E-state index contributed by atoms with van der Waals surface area (Å²) in [5.41, 5.74) is 4.78. The summed E-state index contributed by atoms with van der Waals surface area (Å²) in [6.45, 7) is 3.43. The summed E-state index contributed by atoms with van der Waals surface area (Å²) in [6.07, 6.45) is 7.86. The molecule has 0 heterocycles. The smallest absolute Gasteiger partial charge is 0.00461 e. The van der Waals surface area contributed by atoms with Crippen molar-refractivity contribution in [3.8, 4) is 0 Å². The molecule has 0 radical (unpaired) electrons. The lowest BCUT2D eigenvalue weighted by atomic mass is 9.86. The minimum Gasteiger partial charge on any atom is -0.320 e. The highest BCUT2D eigenvalue weighted by molar-refractivity contribution is 5.35. The molecule has 0 amide bonds. The first-order chi connectivity index (χ1) is 8.35. The van der Waals surface area contributed by atoms with Crippen molar-refractivity contribution in [3.05, 3.63) is 34.9 Å². The predicted octanol–water partition coefficient (Wildman–Crippen LogP) is 3.67. The molecule has 1 N–H and O–H groups in total. The fourth-order valence-corrected chi connectivity index (χ4v) is 2.93. The molecule has 1 heteroatoms. The fraction of sp³-hybridized carbons (Fsp3) is 0.625. The van der Waals surface area contributed by atoms with E-state index in [0.29, 0.717) is 0 Å². The number of fused-ring (bicyclic) bond motifs is 1. The molecule has 1 aliphatic carbocycles. The van der Waals surface area contributed by atoms with Crippen molar-refractivity contribution in [2.24, 2.45) is 0 Å². The topological polar surface area (TPSA) is 12.0 Å². The number of hydrogen-bond donors (Lipinski definition) is 1. The molecule has 1 aromatic carbocycles. The molecule has 94 valence electrons. The molecule has 0 fully saturated rings. The molecular weight excluding hydrogens is 206 g/mol. The summed E-state index contributed by atoms with van der Waals surface area (Å²) in [5, 5.41) is 3.26. The van der Waals surface area contributed by atoms with Crippen LogP contribution in [-0.4, -0.2) is 13.6 Å². The lowest BCUT2D eigenvalue weighted by Gasteiger charge is -2.20. The predicted molar refractivity (Wildman–Crippen MR) is 74.7 cm³/mol. The average Bonchev–Trinajstić information content (AvgIpc) is 2.39. The zero-order valence-corrected chi connectivity index (χ0v) is 11.3. The van der Waals surface area contributed by atoms with Crippen LogP contribution in [0.3, 0.4) is 0 Å². The van der Waals surface area contributed by atoms with Crippen molar-refractivity contribution in [2.75, 3.05) is 13.6 Å². The Morgan fingerprint density at radius 2 is 1.94 bits per heavy atom. The van der Waals surface area contributed by atoms with Crippen molar-refractivity contribution in [1.29, 1.82) is 0 Å². The van der Waals surface area contributed by atoms with E-state index >= 15 is 0 Å². The van der Waals surface area contributed by atoms with Gasteiger partial charge < -0.3 is 5.32 Å². The Morgan fingerprint density at radius 3 is 2.65 bits per heavy atom. The molecule has 2 rings (SSSR count). The van der Waals surface area contributed by atoms with Gasteiger partial charge in [0, 0.05) is 0 Å². The number of benzene rings is 1. The van der Waals surface area contributed by atoms with Gasteiger partial charge in [-0.3, -0.25) is 0 Å². The second-order valence-electron chi connectivity index (χ2n) is 5.23. The molecule has 0 aromatic heterocycles. The van der Waals surface area contributed by atoms with Gasteiger partial charge in [0.1, 0.15) is 0 Å². The van der Waals surface area contributed by atoms with E-state index in [1.807, 2.05) is 7.05 Å². The zero-order valence-electron chi connectivity index (χ0n) is 11.3. The Hall–Kier alpha value is -0.820. The van der Waals surface area contributed by atoms with Gasteiger partial charge in [-0.1, -0.05) is 25.1 Å². The Bertz CT molecular complexity index is 357. The molecule has 17 heavy (non-hydrogen) atoms. The monoisotopic (exact) mass is 231 g/mol. The van der Waals surface area contributed by atoms with Crippen molar-refractivity contribution in [1.82, 2.24) is 5.32 Å². The van der Waals surface area contributed by atoms with E-state index in [0.717, 1.165) is 12.5 Å². The molecule has 1 atom stereocenters. The molecule has 1 nitrogen and oxygen atoms in total. The van der Waals surface area contributed by atoms with Crippen LogP contribution in [0.1, 0.15) is 55.2 Å². The highest BCUT2D eigenvalue weighted by Gasteiger charge is 2.13.